The molecule has 20 heavy (non-hydrogen) atoms. The van der Waals surface area contributed by atoms with Crippen molar-refractivity contribution in [2.45, 2.75) is 19.8 Å². The van der Waals surface area contributed by atoms with Crippen molar-refractivity contribution >= 4 is 33.2 Å². The first-order chi connectivity index (χ1) is 9.40. The number of amides is 1. The zero-order valence-electron chi connectivity index (χ0n) is 11.2. The van der Waals surface area contributed by atoms with Crippen LogP contribution >= 0.6 is 11.6 Å². The molecule has 1 N–H and O–H groups in total. The summed E-state index contributed by atoms with van der Waals surface area (Å²) in [4.78, 5) is 12.0. The van der Waals surface area contributed by atoms with E-state index in [0.29, 0.717) is 23.7 Å². The number of nitrogens with one attached hydrogen (secondary N) is 1. The summed E-state index contributed by atoms with van der Waals surface area (Å²) >= 11 is 5.98. The van der Waals surface area contributed by atoms with Crippen LogP contribution in [-0.2, 0) is 14.8 Å². The second kappa shape index (κ2) is 6.11. The number of sulfonamides is 1. The molecule has 1 aliphatic rings. The van der Waals surface area contributed by atoms with Gasteiger partial charge >= 0.3 is 0 Å². The molecule has 0 spiro atoms. The Labute approximate surface area is 124 Å². The van der Waals surface area contributed by atoms with Crippen LogP contribution in [0.1, 0.15) is 18.4 Å². The van der Waals surface area contributed by atoms with Crippen LogP contribution in [0.4, 0.5) is 5.69 Å². The smallest absolute Gasteiger partial charge is 0.239 e. The van der Waals surface area contributed by atoms with Crippen molar-refractivity contribution in [3.05, 3.63) is 28.8 Å². The molecule has 110 valence electrons. The van der Waals surface area contributed by atoms with E-state index in [9.17, 15) is 13.2 Å². The van der Waals surface area contributed by atoms with Gasteiger partial charge in [0.15, 0.2) is 0 Å². The Hall–Kier alpha value is -1.11. The predicted molar refractivity (Wildman–Crippen MR) is 79.4 cm³/mol. The standard InChI is InChI=1S/C13H17ClN2O3S/c1-10-11(14)5-4-6-12(10)15-13(17)9-16-7-2-3-8-20(16,18)19/h4-6H,2-3,7-9H2,1H3,(H,15,17). The van der Waals surface area contributed by atoms with Gasteiger partial charge in [-0.2, -0.15) is 4.31 Å². The van der Waals surface area contributed by atoms with Crippen molar-refractivity contribution in [2.75, 3.05) is 24.2 Å². The van der Waals surface area contributed by atoms with Crippen LogP contribution < -0.4 is 5.32 Å². The molecule has 0 radical (unpaired) electrons. The Balaban J connectivity index is 2.04. The van der Waals surface area contributed by atoms with E-state index in [1.165, 1.54) is 4.31 Å². The third-order valence-corrected chi connectivity index (χ3v) is 5.63. The second-order valence-corrected chi connectivity index (χ2v) is 7.31. The fourth-order valence-corrected chi connectivity index (χ4v) is 3.83. The number of carbonyl (C=O) groups is 1. The van der Waals surface area contributed by atoms with E-state index >= 15 is 0 Å². The lowest BCUT2D eigenvalue weighted by atomic mass is 10.2. The van der Waals surface area contributed by atoms with Gasteiger partial charge in [0, 0.05) is 17.3 Å². The highest BCUT2D eigenvalue weighted by Gasteiger charge is 2.27. The van der Waals surface area contributed by atoms with Gasteiger partial charge in [-0.1, -0.05) is 17.7 Å². The van der Waals surface area contributed by atoms with Crippen LogP contribution in [-0.4, -0.2) is 37.5 Å². The van der Waals surface area contributed by atoms with Gasteiger partial charge in [0.05, 0.1) is 12.3 Å². The van der Waals surface area contributed by atoms with Crippen LogP contribution in [0.5, 0.6) is 0 Å². The summed E-state index contributed by atoms with van der Waals surface area (Å²) in [5.74, 6) is -0.225. The van der Waals surface area contributed by atoms with E-state index < -0.39 is 10.0 Å². The van der Waals surface area contributed by atoms with Crippen LogP contribution in [0.2, 0.25) is 5.02 Å². The Morgan fingerprint density at radius 3 is 2.85 bits per heavy atom. The highest BCUT2D eigenvalue weighted by molar-refractivity contribution is 7.89. The second-order valence-electron chi connectivity index (χ2n) is 4.82. The Morgan fingerprint density at radius 1 is 1.40 bits per heavy atom. The normalized spacial score (nSPS) is 18.7. The maximum atomic E-state index is 12.0. The monoisotopic (exact) mass is 316 g/mol. The lowest BCUT2D eigenvalue weighted by Crippen LogP contribution is -2.42. The molecule has 1 heterocycles. The number of rotatable bonds is 3. The molecule has 0 saturated carbocycles. The number of anilines is 1. The van der Waals surface area contributed by atoms with Gasteiger partial charge in [0.2, 0.25) is 15.9 Å². The molecule has 1 fully saturated rings. The molecular weight excluding hydrogens is 300 g/mol. The molecule has 0 bridgehead atoms. The minimum Gasteiger partial charge on any atom is -0.325 e. The summed E-state index contributed by atoms with van der Waals surface area (Å²) in [5, 5.41) is 3.27. The van der Waals surface area contributed by atoms with E-state index in [0.717, 1.165) is 12.0 Å². The number of carbonyl (C=O) groups excluding carboxylic acids is 1. The fraction of sp³-hybridized carbons (Fsp3) is 0.462. The lowest BCUT2D eigenvalue weighted by Gasteiger charge is -2.25. The van der Waals surface area contributed by atoms with Crippen molar-refractivity contribution in [3.63, 3.8) is 0 Å². The number of halogens is 1. The zero-order chi connectivity index (χ0) is 14.8. The quantitative estimate of drug-likeness (QED) is 0.927. The van der Waals surface area contributed by atoms with Crippen molar-refractivity contribution in [3.8, 4) is 0 Å². The molecule has 0 unspecified atom stereocenters. The molecular formula is C13H17ClN2O3S. The third kappa shape index (κ3) is 3.50. The van der Waals surface area contributed by atoms with E-state index in [4.69, 9.17) is 11.6 Å². The predicted octanol–water partition coefficient (Wildman–Crippen LogP) is 2.01. The molecule has 2 rings (SSSR count). The fourth-order valence-electron chi connectivity index (χ4n) is 2.11. The van der Waals surface area contributed by atoms with E-state index in [1.807, 2.05) is 0 Å². The Kier molecular flexibility index (Phi) is 4.67. The summed E-state index contributed by atoms with van der Waals surface area (Å²) in [6.07, 6.45) is 1.45. The first-order valence-corrected chi connectivity index (χ1v) is 8.41. The van der Waals surface area contributed by atoms with Crippen molar-refractivity contribution < 1.29 is 13.2 Å². The zero-order valence-corrected chi connectivity index (χ0v) is 12.8. The Morgan fingerprint density at radius 2 is 2.15 bits per heavy atom. The van der Waals surface area contributed by atoms with Crippen LogP contribution in [0.15, 0.2) is 18.2 Å². The third-order valence-electron chi connectivity index (χ3n) is 3.31. The maximum Gasteiger partial charge on any atom is 0.239 e. The maximum absolute atomic E-state index is 12.0. The van der Waals surface area contributed by atoms with Gasteiger partial charge < -0.3 is 5.32 Å². The number of benzene rings is 1. The number of hydrogen-bond acceptors (Lipinski definition) is 3. The van der Waals surface area contributed by atoms with Crippen molar-refractivity contribution in [1.29, 1.82) is 0 Å². The summed E-state index contributed by atoms with van der Waals surface area (Å²) < 4.78 is 24.9. The molecule has 0 aromatic heterocycles. The van der Waals surface area contributed by atoms with Crippen LogP contribution in [0, 0.1) is 6.92 Å². The van der Waals surface area contributed by atoms with Gasteiger partial charge in [0.1, 0.15) is 0 Å². The minimum absolute atomic E-state index is 0.122. The van der Waals surface area contributed by atoms with Gasteiger partial charge in [-0.15, -0.1) is 0 Å². The van der Waals surface area contributed by atoms with E-state index in [2.05, 4.69) is 5.32 Å². The molecule has 5 nitrogen and oxygen atoms in total. The van der Waals surface area contributed by atoms with Crippen LogP contribution in [0.3, 0.4) is 0 Å². The number of hydrogen-bond donors (Lipinski definition) is 1. The van der Waals surface area contributed by atoms with Gasteiger partial charge in [0.25, 0.3) is 0 Å². The Bertz CT molecular complexity index is 616. The van der Waals surface area contributed by atoms with E-state index in [-0.39, 0.29) is 18.2 Å². The summed E-state index contributed by atoms with van der Waals surface area (Å²) in [5.41, 5.74) is 1.38. The van der Waals surface area contributed by atoms with E-state index in [1.54, 1.807) is 25.1 Å². The lowest BCUT2D eigenvalue weighted by molar-refractivity contribution is -0.116. The van der Waals surface area contributed by atoms with Gasteiger partial charge in [-0.3, -0.25) is 4.79 Å². The van der Waals surface area contributed by atoms with Gasteiger partial charge in [-0.05, 0) is 37.5 Å². The molecule has 1 amide bonds. The molecule has 0 atom stereocenters. The summed E-state index contributed by atoms with van der Waals surface area (Å²) in [7, 11) is -3.28. The average Bonchev–Trinajstić information content (AvgIpc) is 2.37. The highest BCUT2D eigenvalue weighted by atomic mass is 35.5. The molecule has 1 aromatic rings. The molecule has 7 heteroatoms. The topological polar surface area (TPSA) is 66.5 Å². The molecule has 1 aromatic carbocycles. The summed E-state index contributed by atoms with van der Waals surface area (Å²) in [6.45, 7) is 2.06. The van der Waals surface area contributed by atoms with Crippen molar-refractivity contribution in [1.82, 2.24) is 4.31 Å². The molecule has 0 aliphatic carbocycles. The van der Waals surface area contributed by atoms with Gasteiger partial charge in [-0.25, -0.2) is 8.42 Å². The largest absolute Gasteiger partial charge is 0.325 e. The van der Waals surface area contributed by atoms with Crippen molar-refractivity contribution in [2.24, 2.45) is 0 Å². The highest BCUT2D eigenvalue weighted by Crippen LogP contribution is 2.23. The minimum atomic E-state index is -3.28. The first-order valence-electron chi connectivity index (χ1n) is 6.43. The SMILES string of the molecule is Cc1c(Cl)cccc1NC(=O)CN1CCCCS1(=O)=O. The average molecular weight is 317 g/mol. The van der Waals surface area contributed by atoms with Crippen LogP contribution in [0.25, 0.3) is 0 Å². The first kappa shape index (κ1) is 15.3. The molecule has 1 aliphatic heterocycles. The molecule has 1 saturated heterocycles. The summed E-state index contributed by atoms with van der Waals surface area (Å²) in [6, 6.07) is 5.22. The number of nitrogens with zero attached hydrogens (tertiary/aromatic N) is 1.